The number of aryl methyl sites for hydroxylation is 1. The number of aromatic nitrogens is 4. The van der Waals surface area contributed by atoms with E-state index < -0.39 is 0 Å². The molecule has 6 nitrogen and oxygen atoms in total. The number of nitrogens with zero attached hydrogens (tertiary/aromatic N) is 4. The summed E-state index contributed by atoms with van der Waals surface area (Å²) in [4.78, 5) is 11.7. The van der Waals surface area contributed by atoms with E-state index in [-0.39, 0.29) is 15.4 Å². The molecule has 17 heavy (non-hydrogen) atoms. The molecule has 2 rings (SSSR count). The van der Waals surface area contributed by atoms with Crippen LogP contribution in [0.5, 0.6) is 0 Å². The number of carbonyl (C=O) groups excluding carboxylic acids is 1. The molecule has 90 valence electrons. The van der Waals surface area contributed by atoms with E-state index in [1.165, 1.54) is 0 Å². The van der Waals surface area contributed by atoms with Gasteiger partial charge in [0, 0.05) is 24.8 Å². The molecular formula is C9H10ClN5OS. The van der Waals surface area contributed by atoms with E-state index in [2.05, 4.69) is 20.6 Å². The van der Waals surface area contributed by atoms with Gasteiger partial charge in [0.05, 0.1) is 6.20 Å². The van der Waals surface area contributed by atoms with Crippen molar-refractivity contribution in [1.82, 2.24) is 25.3 Å². The maximum atomic E-state index is 11.7. The summed E-state index contributed by atoms with van der Waals surface area (Å²) in [7, 11) is 1.85. The average Bonchev–Trinajstić information content (AvgIpc) is 2.86. The lowest BCUT2D eigenvalue weighted by Crippen LogP contribution is -2.22. The van der Waals surface area contributed by atoms with Gasteiger partial charge < -0.3 is 5.32 Å². The van der Waals surface area contributed by atoms with E-state index in [0.29, 0.717) is 6.54 Å². The molecule has 0 saturated carbocycles. The highest BCUT2D eigenvalue weighted by atomic mass is 35.5. The van der Waals surface area contributed by atoms with Crippen molar-refractivity contribution >= 4 is 28.8 Å². The molecule has 0 saturated heterocycles. The maximum absolute atomic E-state index is 11.7. The van der Waals surface area contributed by atoms with Crippen LogP contribution in [0.1, 0.15) is 21.1 Å². The Kier molecular flexibility index (Phi) is 3.39. The van der Waals surface area contributed by atoms with Gasteiger partial charge in [-0.25, -0.2) is 0 Å². The molecule has 2 aromatic heterocycles. The lowest BCUT2D eigenvalue weighted by atomic mass is 10.2. The van der Waals surface area contributed by atoms with E-state index in [0.717, 1.165) is 22.6 Å². The Labute approximate surface area is 107 Å². The van der Waals surface area contributed by atoms with Gasteiger partial charge in [-0.3, -0.25) is 9.48 Å². The first-order chi connectivity index (χ1) is 8.08. The second-order valence-electron chi connectivity index (χ2n) is 3.42. The van der Waals surface area contributed by atoms with Crippen molar-refractivity contribution in [3.8, 4) is 0 Å². The number of hydrogen-bond acceptors (Lipinski definition) is 5. The number of nitrogens with one attached hydrogen (secondary N) is 1. The molecule has 0 aliphatic rings. The van der Waals surface area contributed by atoms with Crippen molar-refractivity contribution < 1.29 is 4.79 Å². The van der Waals surface area contributed by atoms with Crippen LogP contribution in [0.15, 0.2) is 6.20 Å². The van der Waals surface area contributed by atoms with Gasteiger partial charge >= 0.3 is 0 Å². The first-order valence-corrected chi connectivity index (χ1v) is 6.02. The van der Waals surface area contributed by atoms with Gasteiger partial charge in [0.2, 0.25) is 9.47 Å². The number of rotatable bonds is 3. The molecule has 0 atom stereocenters. The van der Waals surface area contributed by atoms with E-state index >= 15 is 0 Å². The lowest BCUT2D eigenvalue weighted by Gasteiger charge is -2.02. The Morgan fingerprint density at radius 2 is 2.35 bits per heavy atom. The third-order valence-electron chi connectivity index (χ3n) is 2.37. The number of hydrogen-bond donors (Lipinski definition) is 1. The SMILES string of the molecule is Cc1c(CNC(=O)c2nnc(Cl)s2)cnn1C. The number of carbonyl (C=O) groups is 1. The fraction of sp³-hybridized carbons (Fsp3) is 0.333. The molecule has 1 amide bonds. The van der Waals surface area contributed by atoms with Crippen LogP contribution in [0, 0.1) is 6.92 Å². The van der Waals surface area contributed by atoms with Crippen LogP contribution < -0.4 is 5.32 Å². The normalized spacial score (nSPS) is 10.5. The number of amides is 1. The van der Waals surface area contributed by atoms with Gasteiger partial charge in [-0.2, -0.15) is 5.10 Å². The third-order valence-corrected chi connectivity index (χ3v) is 3.39. The second kappa shape index (κ2) is 4.80. The van der Waals surface area contributed by atoms with Gasteiger partial charge in [0.1, 0.15) is 0 Å². The van der Waals surface area contributed by atoms with E-state index in [9.17, 15) is 4.79 Å². The molecule has 8 heteroatoms. The van der Waals surface area contributed by atoms with Gasteiger partial charge in [-0.15, -0.1) is 10.2 Å². The number of halogens is 1. The summed E-state index contributed by atoms with van der Waals surface area (Å²) in [6, 6.07) is 0. The van der Waals surface area contributed by atoms with Crippen LogP contribution in [-0.2, 0) is 13.6 Å². The molecule has 0 unspecified atom stereocenters. The fourth-order valence-electron chi connectivity index (χ4n) is 1.27. The molecule has 0 aliphatic heterocycles. The summed E-state index contributed by atoms with van der Waals surface area (Å²) >= 11 is 6.65. The van der Waals surface area contributed by atoms with Gasteiger partial charge in [0.15, 0.2) is 0 Å². The van der Waals surface area contributed by atoms with Crippen molar-refractivity contribution in [1.29, 1.82) is 0 Å². The van der Waals surface area contributed by atoms with Crippen molar-refractivity contribution in [2.24, 2.45) is 7.05 Å². The second-order valence-corrected chi connectivity index (χ2v) is 4.98. The molecule has 2 heterocycles. The predicted octanol–water partition coefficient (Wildman–Crippen LogP) is 1.16. The Morgan fingerprint density at radius 1 is 1.59 bits per heavy atom. The van der Waals surface area contributed by atoms with Crippen LogP contribution in [0.2, 0.25) is 4.47 Å². The van der Waals surface area contributed by atoms with Gasteiger partial charge in [0.25, 0.3) is 5.91 Å². The first-order valence-electron chi connectivity index (χ1n) is 4.82. The fourth-order valence-corrected chi connectivity index (χ4v) is 2.01. The van der Waals surface area contributed by atoms with Crippen molar-refractivity contribution in [3.05, 3.63) is 26.9 Å². The zero-order chi connectivity index (χ0) is 12.4. The molecular weight excluding hydrogens is 262 g/mol. The highest BCUT2D eigenvalue weighted by Crippen LogP contribution is 2.14. The summed E-state index contributed by atoms with van der Waals surface area (Å²) in [5.41, 5.74) is 1.98. The smallest absolute Gasteiger partial charge is 0.282 e. The highest BCUT2D eigenvalue weighted by Gasteiger charge is 2.12. The zero-order valence-corrected chi connectivity index (χ0v) is 10.8. The lowest BCUT2D eigenvalue weighted by molar-refractivity contribution is 0.0950. The van der Waals surface area contributed by atoms with Crippen molar-refractivity contribution in [3.63, 3.8) is 0 Å². The van der Waals surface area contributed by atoms with E-state index in [1.54, 1.807) is 10.9 Å². The van der Waals surface area contributed by atoms with Crippen LogP contribution in [0.4, 0.5) is 0 Å². The van der Waals surface area contributed by atoms with Crippen molar-refractivity contribution in [2.75, 3.05) is 0 Å². The molecule has 0 bridgehead atoms. The Morgan fingerprint density at radius 3 is 2.88 bits per heavy atom. The van der Waals surface area contributed by atoms with E-state index in [4.69, 9.17) is 11.6 Å². The molecule has 0 aliphatic carbocycles. The topological polar surface area (TPSA) is 72.7 Å². The largest absolute Gasteiger partial charge is 0.346 e. The standard InChI is InChI=1S/C9H10ClN5OS/c1-5-6(4-12-15(5)2)3-11-7(16)8-13-14-9(10)17-8/h4H,3H2,1-2H3,(H,11,16). The minimum absolute atomic E-state index is 0.257. The highest BCUT2D eigenvalue weighted by molar-refractivity contribution is 7.17. The van der Waals surface area contributed by atoms with Crippen LogP contribution >= 0.6 is 22.9 Å². The monoisotopic (exact) mass is 271 g/mol. The Bertz CT molecular complexity index is 549. The molecule has 0 fully saturated rings. The average molecular weight is 272 g/mol. The molecule has 0 spiro atoms. The molecule has 2 aromatic rings. The minimum atomic E-state index is -0.280. The summed E-state index contributed by atoms with van der Waals surface area (Å²) in [6.45, 7) is 2.35. The Hall–Kier alpha value is -1.47. The van der Waals surface area contributed by atoms with E-state index in [1.807, 2.05) is 14.0 Å². The summed E-state index contributed by atoms with van der Waals surface area (Å²) in [5.74, 6) is -0.280. The quantitative estimate of drug-likeness (QED) is 0.909. The summed E-state index contributed by atoms with van der Waals surface area (Å²) < 4.78 is 2.01. The van der Waals surface area contributed by atoms with Crippen molar-refractivity contribution in [2.45, 2.75) is 13.5 Å². The van der Waals surface area contributed by atoms with Gasteiger partial charge in [-0.1, -0.05) is 11.3 Å². The third kappa shape index (κ3) is 2.62. The molecule has 0 radical (unpaired) electrons. The summed E-state index contributed by atoms with van der Waals surface area (Å²) in [5, 5.41) is 14.3. The van der Waals surface area contributed by atoms with Crippen LogP contribution in [-0.4, -0.2) is 25.9 Å². The first kappa shape index (κ1) is 12.0. The summed E-state index contributed by atoms with van der Waals surface area (Å²) in [6.07, 6.45) is 1.72. The Balaban J connectivity index is 1.99. The zero-order valence-electron chi connectivity index (χ0n) is 9.27. The van der Waals surface area contributed by atoms with Crippen LogP contribution in [0.3, 0.4) is 0 Å². The van der Waals surface area contributed by atoms with Gasteiger partial charge in [-0.05, 0) is 18.5 Å². The minimum Gasteiger partial charge on any atom is -0.346 e. The maximum Gasteiger partial charge on any atom is 0.282 e. The van der Waals surface area contributed by atoms with Crippen LogP contribution in [0.25, 0.3) is 0 Å². The molecule has 0 aromatic carbocycles. The predicted molar refractivity (Wildman–Crippen MR) is 64.0 cm³/mol. The molecule has 1 N–H and O–H groups in total.